The largest absolute Gasteiger partial charge is 0.321 e. The van der Waals surface area contributed by atoms with Crippen LogP contribution >= 0.6 is 0 Å². The van der Waals surface area contributed by atoms with Gasteiger partial charge in [-0.25, -0.2) is 0 Å². The van der Waals surface area contributed by atoms with Crippen molar-refractivity contribution in [2.45, 2.75) is 6.92 Å². The molecule has 0 amide bonds. The lowest BCUT2D eigenvalue weighted by Gasteiger charge is -2.22. The molecule has 134 valence electrons. The number of ketones is 2. The molecule has 4 aromatic rings. The summed E-state index contributed by atoms with van der Waals surface area (Å²) in [5.41, 5.74) is 4.62. The first kappa shape index (κ1) is 16.4. The van der Waals surface area contributed by atoms with Crippen molar-refractivity contribution in [2.24, 2.45) is 0 Å². The maximum Gasteiger partial charge on any atom is 0.256 e. The highest BCUT2D eigenvalue weighted by molar-refractivity contribution is 6.27. The van der Waals surface area contributed by atoms with E-state index in [-0.39, 0.29) is 17.1 Å². The van der Waals surface area contributed by atoms with Crippen molar-refractivity contribution in [3.8, 4) is 22.4 Å². The molecule has 0 spiro atoms. The second kappa shape index (κ2) is 5.86. The minimum absolute atomic E-state index is 0.0156. The van der Waals surface area contributed by atoms with Crippen LogP contribution in [0.1, 0.15) is 33.2 Å². The molecule has 0 saturated carbocycles. The van der Waals surface area contributed by atoms with Crippen molar-refractivity contribution in [3.63, 3.8) is 0 Å². The van der Waals surface area contributed by atoms with Crippen molar-refractivity contribution in [1.82, 2.24) is 4.98 Å². The Bertz CT molecular complexity index is 1360. The number of pyridine rings is 1. The van der Waals surface area contributed by atoms with E-state index in [1.807, 2.05) is 36.4 Å². The van der Waals surface area contributed by atoms with Gasteiger partial charge in [0, 0.05) is 33.0 Å². The molecular formula is C24H15NO3. The zero-order valence-electron chi connectivity index (χ0n) is 15.1. The fourth-order valence-electron chi connectivity index (χ4n) is 3.97. The first-order chi connectivity index (χ1) is 13.6. The molecule has 4 nitrogen and oxygen atoms in total. The van der Waals surface area contributed by atoms with E-state index >= 15 is 0 Å². The van der Waals surface area contributed by atoms with Crippen molar-refractivity contribution >= 4 is 22.3 Å². The van der Waals surface area contributed by atoms with Crippen LogP contribution in [0.3, 0.4) is 0 Å². The second-order valence-corrected chi connectivity index (χ2v) is 6.94. The van der Waals surface area contributed by atoms with Gasteiger partial charge in [0.15, 0.2) is 11.6 Å². The average molecular weight is 365 g/mol. The molecule has 0 bridgehead atoms. The van der Waals surface area contributed by atoms with Crippen LogP contribution in [0.2, 0.25) is 0 Å². The third-order valence-corrected chi connectivity index (χ3v) is 5.31. The Labute approximate surface area is 160 Å². The number of nitrogens with one attached hydrogen (secondary N) is 1. The highest BCUT2D eigenvalue weighted by atomic mass is 16.1. The number of carbonyl (C=O) groups is 2. The molecule has 1 aliphatic rings. The van der Waals surface area contributed by atoms with Crippen molar-refractivity contribution in [2.75, 3.05) is 0 Å². The van der Waals surface area contributed by atoms with Gasteiger partial charge in [0.05, 0.1) is 5.69 Å². The molecule has 5 rings (SSSR count). The molecule has 1 aromatic heterocycles. The van der Waals surface area contributed by atoms with Crippen molar-refractivity contribution in [1.29, 1.82) is 0 Å². The third kappa shape index (κ3) is 2.21. The Balaban J connectivity index is 1.93. The third-order valence-electron chi connectivity index (χ3n) is 5.31. The lowest BCUT2D eigenvalue weighted by molar-refractivity contribution is 0.101. The first-order valence-corrected chi connectivity index (χ1v) is 9.01. The first-order valence-electron chi connectivity index (χ1n) is 9.01. The summed E-state index contributed by atoms with van der Waals surface area (Å²) >= 11 is 0. The summed E-state index contributed by atoms with van der Waals surface area (Å²) in [6.07, 6.45) is 0. The zero-order valence-corrected chi connectivity index (χ0v) is 15.1. The van der Waals surface area contributed by atoms with E-state index < -0.39 is 0 Å². The monoisotopic (exact) mass is 365 g/mol. The topological polar surface area (TPSA) is 67.0 Å². The molecule has 4 heteroatoms. The van der Waals surface area contributed by atoms with Crippen molar-refractivity contribution < 1.29 is 9.59 Å². The molecule has 3 aromatic carbocycles. The van der Waals surface area contributed by atoms with Gasteiger partial charge in [0.2, 0.25) is 0 Å². The number of hydrogen-bond donors (Lipinski definition) is 1. The Kier molecular flexibility index (Phi) is 3.43. The van der Waals surface area contributed by atoms with Crippen LogP contribution < -0.4 is 5.56 Å². The van der Waals surface area contributed by atoms with E-state index in [1.54, 1.807) is 30.3 Å². The van der Waals surface area contributed by atoms with Gasteiger partial charge >= 0.3 is 0 Å². The molecular weight excluding hydrogens is 350 g/mol. The predicted octanol–water partition coefficient (Wildman–Crippen LogP) is 4.61. The number of fused-ring (bicyclic) bond motifs is 2. The number of aromatic amines is 1. The quantitative estimate of drug-likeness (QED) is 0.465. The summed E-state index contributed by atoms with van der Waals surface area (Å²) < 4.78 is 0. The normalized spacial score (nSPS) is 12.1. The van der Waals surface area contributed by atoms with Crippen LogP contribution in [0.15, 0.2) is 71.5 Å². The summed E-state index contributed by atoms with van der Waals surface area (Å²) in [5, 5.41) is 1.18. The smallest absolute Gasteiger partial charge is 0.256 e. The van der Waals surface area contributed by atoms with E-state index in [2.05, 4.69) is 4.98 Å². The second-order valence-electron chi connectivity index (χ2n) is 6.94. The molecule has 0 radical (unpaired) electrons. The van der Waals surface area contributed by atoms with E-state index in [4.69, 9.17) is 0 Å². The summed E-state index contributed by atoms with van der Waals surface area (Å²) in [6, 6.07) is 19.8. The molecule has 0 fully saturated rings. The fraction of sp³-hybridized carbons (Fsp3) is 0.0417. The lowest BCUT2D eigenvalue weighted by Crippen LogP contribution is -2.16. The summed E-state index contributed by atoms with van der Waals surface area (Å²) in [5.74, 6) is -0.0877. The molecule has 0 atom stereocenters. The highest BCUT2D eigenvalue weighted by Gasteiger charge is 2.28. The van der Waals surface area contributed by atoms with Crippen LogP contribution in [0, 0.1) is 0 Å². The Hall–Kier alpha value is -3.79. The maximum absolute atomic E-state index is 13.0. The Morgan fingerprint density at radius 3 is 2.18 bits per heavy atom. The zero-order chi connectivity index (χ0) is 19.4. The molecule has 0 aliphatic heterocycles. The van der Waals surface area contributed by atoms with Gasteiger partial charge < -0.3 is 4.98 Å². The van der Waals surface area contributed by atoms with Gasteiger partial charge in [0.25, 0.3) is 5.56 Å². The van der Waals surface area contributed by atoms with Crippen molar-refractivity contribution in [3.05, 3.63) is 93.8 Å². The van der Waals surface area contributed by atoms with Gasteiger partial charge in [-0.05, 0) is 24.1 Å². The number of carbonyl (C=O) groups excluding carboxylic acids is 2. The lowest BCUT2D eigenvalue weighted by atomic mass is 9.81. The Morgan fingerprint density at radius 2 is 1.46 bits per heavy atom. The molecule has 1 N–H and O–H groups in total. The molecule has 0 unspecified atom stereocenters. The molecule has 1 heterocycles. The van der Waals surface area contributed by atoms with Gasteiger partial charge in [-0.1, -0.05) is 60.7 Å². The van der Waals surface area contributed by atoms with Gasteiger partial charge in [-0.3, -0.25) is 14.4 Å². The molecule has 28 heavy (non-hydrogen) atoms. The summed E-state index contributed by atoms with van der Waals surface area (Å²) in [7, 11) is 0. The number of benzene rings is 3. The van der Waals surface area contributed by atoms with E-state index in [9.17, 15) is 14.4 Å². The predicted molar refractivity (Wildman–Crippen MR) is 109 cm³/mol. The van der Waals surface area contributed by atoms with Crippen LogP contribution in [0.5, 0.6) is 0 Å². The summed E-state index contributed by atoms with van der Waals surface area (Å²) in [6.45, 7) is 1.52. The average Bonchev–Trinajstić information content (AvgIpc) is 2.72. The van der Waals surface area contributed by atoms with Crippen LogP contribution in [0.25, 0.3) is 33.2 Å². The number of Topliss-reactive ketones (excluding diaryl/α,β-unsaturated/α-hetero) is 1. The molecule has 0 saturated heterocycles. The van der Waals surface area contributed by atoms with Gasteiger partial charge in [-0.2, -0.15) is 0 Å². The molecule has 1 aliphatic carbocycles. The Morgan fingerprint density at radius 1 is 0.786 bits per heavy atom. The summed E-state index contributed by atoms with van der Waals surface area (Å²) in [4.78, 5) is 40.4. The number of aromatic nitrogens is 1. The maximum atomic E-state index is 13.0. The van der Waals surface area contributed by atoms with Crippen LogP contribution in [-0.2, 0) is 0 Å². The minimum atomic E-state index is -0.238. The SMILES string of the molecule is CC(=O)c1ccc(-c2[nH]c(=O)c3cccc4c3c2-c2ccccc2C4=O)cc1. The minimum Gasteiger partial charge on any atom is -0.321 e. The van der Waals surface area contributed by atoms with E-state index in [0.717, 1.165) is 16.7 Å². The van der Waals surface area contributed by atoms with E-state index in [0.29, 0.717) is 33.2 Å². The van der Waals surface area contributed by atoms with Gasteiger partial charge in [-0.15, -0.1) is 0 Å². The van der Waals surface area contributed by atoms with Crippen LogP contribution in [0.4, 0.5) is 0 Å². The number of H-pyrrole nitrogens is 1. The highest BCUT2D eigenvalue weighted by Crippen LogP contribution is 2.42. The van der Waals surface area contributed by atoms with Crippen LogP contribution in [-0.4, -0.2) is 16.6 Å². The number of rotatable bonds is 2. The van der Waals surface area contributed by atoms with Gasteiger partial charge in [0.1, 0.15) is 0 Å². The standard InChI is InChI=1S/C24H15NO3/c1-13(26)14-9-11-15(12-10-14)22-21-16-5-2-3-6-17(16)23(27)18-7-4-8-19(20(18)21)24(28)25-22/h2-12H,1H3,(H,25,28). The number of hydrogen-bond acceptors (Lipinski definition) is 3. The fourth-order valence-corrected chi connectivity index (χ4v) is 3.97. The van der Waals surface area contributed by atoms with E-state index in [1.165, 1.54) is 6.92 Å².